The van der Waals surface area contributed by atoms with E-state index in [9.17, 15) is 18.5 Å². The lowest BCUT2D eigenvalue weighted by Crippen LogP contribution is -2.28. The zero-order valence-electron chi connectivity index (χ0n) is 13.7. The maximum absolute atomic E-state index is 13.1. The normalized spacial score (nSPS) is 13.0. The van der Waals surface area contributed by atoms with Gasteiger partial charge < -0.3 is 19.5 Å². The van der Waals surface area contributed by atoms with Crippen LogP contribution in [0.1, 0.15) is 0 Å². The molecule has 27 heavy (non-hydrogen) atoms. The molecule has 1 aliphatic heterocycles. The second-order valence-electron chi connectivity index (χ2n) is 5.86. The van der Waals surface area contributed by atoms with Crippen LogP contribution in [0.15, 0.2) is 59.6 Å². The third-order valence-electron chi connectivity index (χ3n) is 4.13. The number of fused-ring (bicyclic) bond motifs is 1. The van der Waals surface area contributed by atoms with Crippen LogP contribution >= 0.6 is 11.6 Å². The van der Waals surface area contributed by atoms with Crippen LogP contribution in [0, 0.1) is 0 Å². The second-order valence-corrected chi connectivity index (χ2v) is 8.11. The van der Waals surface area contributed by atoms with E-state index in [0.717, 1.165) is 3.97 Å². The summed E-state index contributed by atoms with van der Waals surface area (Å²) in [6.45, 7) is 0.0845. The summed E-state index contributed by atoms with van der Waals surface area (Å²) in [6, 6.07) is 12.2. The highest BCUT2D eigenvalue weighted by Gasteiger charge is 2.26. The van der Waals surface area contributed by atoms with Gasteiger partial charge in [0.25, 0.3) is 10.0 Å². The van der Waals surface area contributed by atoms with Crippen molar-refractivity contribution in [1.82, 2.24) is 3.97 Å². The average Bonchev–Trinajstić information content (AvgIpc) is 3.28. The molecule has 2 N–H and O–H groups in total. The minimum atomic E-state index is -4.03. The molecule has 0 unspecified atom stereocenters. The molecule has 1 aromatic heterocycles. The van der Waals surface area contributed by atoms with Crippen LogP contribution in [-0.2, 0) is 10.0 Å². The fourth-order valence-electron chi connectivity index (χ4n) is 2.81. The van der Waals surface area contributed by atoms with E-state index >= 15 is 0 Å². The standard InChI is InChI=1S/C17H13BClNO6S/c19-13-2-1-3-14(8-13)27(23,24)20-9-12(18(21)22)7-15(20)11-4-5-16-17(6-11)26-10-25-16/h1-9,21-22H,10H2. The van der Waals surface area contributed by atoms with Crippen LogP contribution in [0.25, 0.3) is 11.3 Å². The van der Waals surface area contributed by atoms with E-state index in [-0.39, 0.29) is 27.9 Å². The molecule has 2 heterocycles. The lowest BCUT2D eigenvalue weighted by molar-refractivity contribution is 0.174. The number of halogens is 1. The number of hydrogen-bond donors (Lipinski definition) is 2. The third kappa shape index (κ3) is 3.19. The van der Waals surface area contributed by atoms with Crippen molar-refractivity contribution in [2.24, 2.45) is 0 Å². The van der Waals surface area contributed by atoms with Gasteiger partial charge in [-0.15, -0.1) is 0 Å². The molecule has 3 aromatic rings. The number of hydrogen-bond acceptors (Lipinski definition) is 6. The zero-order valence-corrected chi connectivity index (χ0v) is 15.3. The van der Waals surface area contributed by atoms with E-state index in [2.05, 4.69) is 0 Å². The van der Waals surface area contributed by atoms with Crippen LogP contribution in [0.5, 0.6) is 11.5 Å². The van der Waals surface area contributed by atoms with Crippen LogP contribution in [0.4, 0.5) is 0 Å². The lowest BCUT2D eigenvalue weighted by Gasteiger charge is -2.11. The maximum Gasteiger partial charge on any atom is 0.490 e. The van der Waals surface area contributed by atoms with Gasteiger partial charge in [-0.3, -0.25) is 0 Å². The Morgan fingerprint density at radius 1 is 1.04 bits per heavy atom. The van der Waals surface area contributed by atoms with Crippen molar-refractivity contribution in [1.29, 1.82) is 0 Å². The molecule has 1 aliphatic rings. The van der Waals surface area contributed by atoms with Gasteiger partial charge in [0, 0.05) is 22.2 Å². The Labute approximate surface area is 160 Å². The SMILES string of the molecule is O=S(=O)(c1cccc(Cl)c1)n1cc(B(O)O)cc1-c1ccc2c(c1)OCO2. The Hall–Kier alpha value is -2.46. The minimum absolute atomic E-state index is 0.0217. The number of benzene rings is 2. The summed E-state index contributed by atoms with van der Waals surface area (Å²) in [5.74, 6) is 1.03. The number of aromatic nitrogens is 1. The summed E-state index contributed by atoms with van der Waals surface area (Å²) < 4.78 is 37.9. The van der Waals surface area contributed by atoms with E-state index in [1.807, 2.05) is 0 Å². The van der Waals surface area contributed by atoms with Gasteiger partial charge in [0.15, 0.2) is 11.5 Å². The molecule has 0 radical (unpaired) electrons. The predicted molar refractivity (Wildman–Crippen MR) is 99.9 cm³/mol. The Bertz CT molecular complexity index is 1130. The van der Waals surface area contributed by atoms with E-state index in [1.54, 1.807) is 24.3 Å². The number of nitrogens with zero attached hydrogens (tertiary/aromatic N) is 1. The van der Waals surface area contributed by atoms with E-state index in [1.165, 1.54) is 30.5 Å². The highest BCUT2D eigenvalue weighted by Crippen LogP contribution is 2.36. The molecule has 7 nitrogen and oxygen atoms in total. The average molecular weight is 406 g/mol. The van der Waals surface area contributed by atoms with E-state index < -0.39 is 17.1 Å². The first-order valence-corrected chi connectivity index (χ1v) is 9.67. The van der Waals surface area contributed by atoms with Gasteiger partial charge in [-0.05, 0) is 42.5 Å². The summed E-state index contributed by atoms with van der Waals surface area (Å²) in [7, 11) is -5.85. The molecule has 0 bridgehead atoms. The van der Waals surface area contributed by atoms with Crippen LogP contribution in [-0.4, -0.2) is 36.3 Å². The number of rotatable bonds is 4. The molecule has 138 valence electrons. The lowest BCUT2D eigenvalue weighted by atomic mass is 9.82. The Morgan fingerprint density at radius 3 is 2.56 bits per heavy atom. The molecule has 0 spiro atoms. The summed E-state index contributed by atoms with van der Waals surface area (Å²) in [6.07, 6.45) is 1.17. The number of ether oxygens (including phenoxy) is 2. The summed E-state index contributed by atoms with van der Waals surface area (Å²) in [5.41, 5.74) is 0.793. The molecule has 2 aromatic carbocycles. The van der Waals surface area contributed by atoms with E-state index in [4.69, 9.17) is 21.1 Å². The molecular weight excluding hydrogens is 393 g/mol. The summed E-state index contributed by atoms with van der Waals surface area (Å²) in [4.78, 5) is -0.0217. The van der Waals surface area contributed by atoms with Crippen molar-refractivity contribution < 1.29 is 27.9 Å². The molecule has 0 saturated heterocycles. The van der Waals surface area contributed by atoms with Crippen molar-refractivity contribution in [3.05, 3.63) is 59.8 Å². The highest BCUT2D eigenvalue weighted by molar-refractivity contribution is 7.90. The Kier molecular flexibility index (Phi) is 4.39. The molecule has 0 saturated carbocycles. The third-order valence-corrected chi connectivity index (χ3v) is 6.03. The molecule has 4 rings (SSSR count). The monoisotopic (exact) mass is 405 g/mol. The van der Waals surface area contributed by atoms with Gasteiger partial charge in [0.1, 0.15) is 0 Å². The van der Waals surface area contributed by atoms with E-state index in [0.29, 0.717) is 17.1 Å². The Morgan fingerprint density at radius 2 is 1.81 bits per heavy atom. The molecule has 0 atom stereocenters. The largest absolute Gasteiger partial charge is 0.490 e. The van der Waals surface area contributed by atoms with Gasteiger partial charge in [-0.1, -0.05) is 17.7 Å². The quantitative estimate of drug-likeness (QED) is 0.638. The van der Waals surface area contributed by atoms with Crippen LogP contribution in [0.3, 0.4) is 0 Å². The Balaban J connectivity index is 1.90. The van der Waals surface area contributed by atoms with Gasteiger partial charge >= 0.3 is 7.12 Å². The van der Waals surface area contributed by atoms with Crippen molar-refractivity contribution in [2.75, 3.05) is 6.79 Å². The topological polar surface area (TPSA) is 98.0 Å². The molecule has 0 fully saturated rings. The first-order chi connectivity index (χ1) is 12.9. The van der Waals surface area contributed by atoms with Crippen LogP contribution < -0.4 is 14.9 Å². The molecular formula is C17H13BClNO6S. The van der Waals surface area contributed by atoms with Gasteiger partial charge in [0.05, 0.1) is 10.6 Å². The van der Waals surface area contributed by atoms with Crippen LogP contribution in [0.2, 0.25) is 5.02 Å². The van der Waals surface area contributed by atoms with Crippen molar-refractivity contribution in [3.63, 3.8) is 0 Å². The first kappa shape index (κ1) is 17.9. The first-order valence-electron chi connectivity index (χ1n) is 7.86. The van der Waals surface area contributed by atoms with Gasteiger partial charge in [0.2, 0.25) is 6.79 Å². The van der Waals surface area contributed by atoms with Gasteiger partial charge in [-0.2, -0.15) is 0 Å². The summed E-state index contributed by atoms with van der Waals surface area (Å²) >= 11 is 5.93. The fraction of sp³-hybridized carbons (Fsp3) is 0.0588. The van der Waals surface area contributed by atoms with Crippen molar-refractivity contribution in [2.45, 2.75) is 4.90 Å². The van der Waals surface area contributed by atoms with Crippen molar-refractivity contribution >= 4 is 34.2 Å². The predicted octanol–water partition coefficient (Wildman–Crippen LogP) is 1.45. The van der Waals surface area contributed by atoms with Gasteiger partial charge in [-0.25, -0.2) is 12.4 Å². The maximum atomic E-state index is 13.1. The molecule has 10 heteroatoms. The summed E-state index contributed by atoms with van der Waals surface area (Å²) in [5, 5.41) is 19.3. The smallest absolute Gasteiger partial charge is 0.454 e. The second kappa shape index (κ2) is 6.61. The fourth-order valence-corrected chi connectivity index (χ4v) is 4.50. The zero-order chi connectivity index (χ0) is 19.2. The highest BCUT2D eigenvalue weighted by atomic mass is 35.5. The molecule has 0 amide bonds. The molecule has 0 aliphatic carbocycles. The minimum Gasteiger partial charge on any atom is -0.454 e. The van der Waals surface area contributed by atoms with Crippen molar-refractivity contribution in [3.8, 4) is 22.8 Å².